The fraction of sp³-hybridized carbons (Fsp3) is 0.308. The summed E-state index contributed by atoms with van der Waals surface area (Å²) in [4.78, 5) is 0. The lowest BCUT2D eigenvalue weighted by Gasteiger charge is -2.07. The van der Waals surface area contributed by atoms with Crippen molar-refractivity contribution in [1.82, 2.24) is 5.16 Å². The van der Waals surface area contributed by atoms with Crippen LogP contribution >= 0.6 is 15.9 Å². The topological polar surface area (TPSA) is 61.3 Å². The van der Waals surface area contributed by atoms with Gasteiger partial charge in [-0.15, -0.1) is 0 Å². The third-order valence-electron chi connectivity index (χ3n) is 2.76. The molecule has 0 spiro atoms. The maximum absolute atomic E-state index is 5.81. The van der Waals surface area contributed by atoms with E-state index in [1.807, 2.05) is 18.2 Å². The van der Waals surface area contributed by atoms with E-state index in [0.29, 0.717) is 5.88 Å². The number of ether oxygens (including phenoxy) is 1. The summed E-state index contributed by atoms with van der Waals surface area (Å²) in [6.07, 6.45) is 0. The molecule has 2 aromatic rings. The lowest BCUT2D eigenvalue weighted by molar-refractivity contribution is 0.412. The number of aromatic nitrogens is 1. The molecule has 0 saturated carbocycles. The summed E-state index contributed by atoms with van der Waals surface area (Å²) in [6, 6.07) is 5.77. The molecule has 0 aliphatic carbocycles. The Morgan fingerprint density at radius 2 is 2.11 bits per heavy atom. The minimum Gasteiger partial charge on any atom is -0.496 e. The highest BCUT2D eigenvalue weighted by molar-refractivity contribution is 9.10. The number of nitrogens with two attached hydrogens (primary N) is 1. The van der Waals surface area contributed by atoms with Gasteiger partial charge in [0.25, 0.3) is 0 Å². The standard InChI is InChI=1S/C13H15BrN2O2/c1-7(2)11-12(16-18-13(11)15)8-4-5-10(17-3)9(14)6-8/h4-7H,15H2,1-3H3. The van der Waals surface area contributed by atoms with Crippen LogP contribution in [0.25, 0.3) is 11.3 Å². The Kier molecular flexibility index (Phi) is 3.61. The number of methoxy groups -OCH3 is 1. The molecule has 0 aliphatic heterocycles. The number of nitrogens with zero attached hydrogens (tertiary/aromatic N) is 1. The Bertz CT molecular complexity index is 564. The summed E-state index contributed by atoms with van der Waals surface area (Å²) >= 11 is 3.46. The van der Waals surface area contributed by atoms with Crippen LogP contribution in [-0.2, 0) is 0 Å². The van der Waals surface area contributed by atoms with Gasteiger partial charge in [-0.3, -0.25) is 0 Å². The Labute approximate surface area is 114 Å². The lowest BCUT2D eigenvalue weighted by Crippen LogP contribution is -1.95. The van der Waals surface area contributed by atoms with E-state index in [4.69, 9.17) is 15.0 Å². The summed E-state index contributed by atoms with van der Waals surface area (Å²) < 4.78 is 11.2. The van der Waals surface area contributed by atoms with Gasteiger partial charge in [0.05, 0.1) is 11.6 Å². The van der Waals surface area contributed by atoms with Crippen LogP contribution in [0.2, 0.25) is 0 Å². The van der Waals surface area contributed by atoms with Crippen molar-refractivity contribution in [3.63, 3.8) is 0 Å². The minimum atomic E-state index is 0.257. The Balaban J connectivity index is 2.52. The van der Waals surface area contributed by atoms with Crippen LogP contribution in [0, 0.1) is 0 Å². The highest BCUT2D eigenvalue weighted by Gasteiger charge is 2.18. The molecule has 0 saturated heterocycles. The van der Waals surface area contributed by atoms with Crippen molar-refractivity contribution in [2.75, 3.05) is 12.8 Å². The molecule has 2 rings (SSSR count). The highest BCUT2D eigenvalue weighted by atomic mass is 79.9. The van der Waals surface area contributed by atoms with E-state index in [-0.39, 0.29) is 5.92 Å². The van der Waals surface area contributed by atoms with Gasteiger partial charge >= 0.3 is 0 Å². The molecule has 1 heterocycles. The monoisotopic (exact) mass is 310 g/mol. The van der Waals surface area contributed by atoms with Crippen molar-refractivity contribution in [1.29, 1.82) is 0 Å². The van der Waals surface area contributed by atoms with Gasteiger partial charge in [0.1, 0.15) is 11.4 Å². The van der Waals surface area contributed by atoms with Gasteiger partial charge in [-0.2, -0.15) is 0 Å². The third kappa shape index (κ3) is 2.22. The third-order valence-corrected chi connectivity index (χ3v) is 3.38. The van der Waals surface area contributed by atoms with Gasteiger partial charge in [0, 0.05) is 11.1 Å². The molecule has 0 radical (unpaired) electrons. The minimum absolute atomic E-state index is 0.257. The Hall–Kier alpha value is -1.49. The SMILES string of the molecule is COc1ccc(-c2noc(N)c2C(C)C)cc1Br. The van der Waals surface area contributed by atoms with E-state index in [9.17, 15) is 0 Å². The first-order valence-electron chi connectivity index (χ1n) is 5.63. The van der Waals surface area contributed by atoms with Crippen LogP contribution in [0.15, 0.2) is 27.2 Å². The number of hydrogen-bond acceptors (Lipinski definition) is 4. The fourth-order valence-corrected chi connectivity index (χ4v) is 2.43. The summed E-state index contributed by atoms with van der Waals surface area (Å²) in [5, 5.41) is 4.04. The number of benzene rings is 1. The average Bonchev–Trinajstić information content (AvgIpc) is 2.71. The van der Waals surface area contributed by atoms with E-state index in [0.717, 1.165) is 27.0 Å². The van der Waals surface area contributed by atoms with Crippen LogP contribution in [0.3, 0.4) is 0 Å². The van der Waals surface area contributed by atoms with Crippen molar-refractivity contribution in [2.45, 2.75) is 19.8 Å². The first-order chi connectivity index (χ1) is 8.54. The molecule has 2 N–H and O–H groups in total. The van der Waals surface area contributed by atoms with Crippen molar-refractivity contribution >= 4 is 21.8 Å². The maximum Gasteiger partial charge on any atom is 0.226 e. The molecule has 1 aromatic heterocycles. The first-order valence-corrected chi connectivity index (χ1v) is 6.42. The summed E-state index contributed by atoms with van der Waals surface area (Å²) in [7, 11) is 1.63. The molecule has 0 unspecified atom stereocenters. The number of nitrogen functional groups attached to an aromatic ring is 1. The Morgan fingerprint density at radius 3 is 2.67 bits per heavy atom. The van der Waals surface area contributed by atoms with Crippen LogP contribution < -0.4 is 10.5 Å². The van der Waals surface area contributed by atoms with Crippen LogP contribution in [0.4, 0.5) is 5.88 Å². The summed E-state index contributed by atoms with van der Waals surface area (Å²) in [6.45, 7) is 4.12. The van der Waals surface area contributed by atoms with Crippen molar-refractivity contribution in [2.24, 2.45) is 0 Å². The number of rotatable bonds is 3. The zero-order valence-corrected chi connectivity index (χ0v) is 12.1. The second kappa shape index (κ2) is 5.02. The molecule has 18 heavy (non-hydrogen) atoms. The van der Waals surface area contributed by atoms with Crippen molar-refractivity contribution in [3.05, 3.63) is 28.2 Å². The molecule has 1 aromatic carbocycles. The zero-order chi connectivity index (χ0) is 13.3. The number of hydrogen-bond donors (Lipinski definition) is 1. The molecule has 0 fully saturated rings. The van der Waals surface area contributed by atoms with Crippen molar-refractivity contribution < 1.29 is 9.26 Å². The van der Waals surface area contributed by atoms with E-state index in [1.165, 1.54) is 0 Å². The predicted molar refractivity (Wildman–Crippen MR) is 74.7 cm³/mol. The first kappa shape index (κ1) is 13.0. The molecular weight excluding hydrogens is 296 g/mol. The van der Waals surface area contributed by atoms with Gasteiger partial charge in [-0.05, 0) is 40.0 Å². The van der Waals surface area contributed by atoms with Gasteiger partial charge in [0.15, 0.2) is 0 Å². The number of halogens is 1. The summed E-state index contributed by atoms with van der Waals surface area (Å²) in [5.74, 6) is 1.42. The molecule has 0 amide bonds. The molecule has 5 heteroatoms. The predicted octanol–water partition coefficient (Wildman–Crippen LogP) is 3.82. The number of anilines is 1. The van der Waals surface area contributed by atoms with E-state index in [1.54, 1.807) is 7.11 Å². The molecule has 4 nitrogen and oxygen atoms in total. The molecule has 0 aliphatic rings. The maximum atomic E-state index is 5.81. The smallest absolute Gasteiger partial charge is 0.226 e. The second-order valence-electron chi connectivity index (χ2n) is 4.31. The van der Waals surface area contributed by atoms with E-state index >= 15 is 0 Å². The second-order valence-corrected chi connectivity index (χ2v) is 5.17. The average molecular weight is 311 g/mol. The van der Waals surface area contributed by atoms with E-state index in [2.05, 4.69) is 34.9 Å². The molecular formula is C13H15BrN2O2. The van der Waals surface area contributed by atoms with Gasteiger partial charge in [-0.25, -0.2) is 0 Å². The quantitative estimate of drug-likeness (QED) is 0.936. The fourth-order valence-electron chi connectivity index (χ4n) is 1.89. The normalized spacial score (nSPS) is 10.9. The van der Waals surface area contributed by atoms with Gasteiger partial charge < -0.3 is 15.0 Å². The molecule has 96 valence electrons. The van der Waals surface area contributed by atoms with Crippen molar-refractivity contribution in [3.8, 4) is 17.0 Å². The zero-order valence-electron chi connectivity index (χ0n) is 10.5. The summed E-state index contributed by atoms with van der Waals surface area (Å²) in [5.41, 5.74) is 8.48. The van der Waals surface area contributed by atoms with Gasteiger partial charge in [0.2, 0.25) is 5.88 Å². The highest BCUT2D eigenvalue weighted by Crippen LogP contribution is 2.36. The van der Waals surface area contributed by atoms with Crippen LogP contribution in [0.5, 0.6) is 5.75 Å². The Morgan fingerprint density at radius 1 is 1.39 bits per heavy atom. The van der Waals surface area contributed by atoms with Crippen LogP contribution in [-0.4, -0.2) is 12.3 Å². The largest absolute Gasteiger partial charge is 0.496 e. The molecule has 0 bridgehead atoms. The van der Waals surface area contributed by atoms with Crippen LogP contribution in [0.1, 0.15) is 25.3 Å². The lowest BCUT2D eigenvalue weighted by atomic mass is 9.99. The van der Waals surface area contributed by atoms with Gasteiger partial charge in [-0.1, -0.05) is 19.0 Å². The van der Waals surface area contributed by atoms with E-state index < -0.39 is 0 Å². The molecule has 0 atom stereocenters.